The second-order valence-electron chi connectivity index (χ2n) is 5.52. The van der Waals surface area contributed by atoms with Crippen molar-refractivity contribution in [3.05, 3.63) is 0 Å². The smallest absolute Gasteiger partial charge is 0.156 e. The number of nitrogens with zero attached hydrogens (tertiary/aromatic N) is 1. The topological polar surface area (TPSA) is 33.6 Å². The molecule has 1 aliphatic carbocycles. The third-order valence-electron chi connectivity index (χ3n) is 4.40. The Morgan fingerprint density at radius 2 is 2.35 bits per heavy atom. The first-order valence-corrected chi connectivity index (χ1v) is 7.87. The summed E-state index contributed by atoms with van der Waals surface area (Å²) >= 11 is 1.92. The lowest BCUT2D eigenvalue weighted by molar-refractivity contribution is 0.107. The van der Waals surface area contributed by atoms with Crippen LogP contribution < -0.4 is 5.32 Å². The normalized spacial score (nSPS) is 43.7. The average molecular weight is 254 g/mol. The summed E-state index contributed by atoms with van der Waals surface area (Å²) in [7, 11) is 0. The van der Waals surface area contributed by atoms with Gasteiger partial charge in [0.1, 0.15) is 0 Å². The molecule has 0 amide bonds. The van der Waals surface area contributed by atoms with Gasteiger partial charge in [0.15, 0.2) is 5.17 Å². The summed E-state index contributed by atoms with van der Waals surface area (Å²) in [6.07, 6.45) is 5.71. The van der Waals surface area contributed by atoms with E-state index in [-0.39, 0.29) is 0 Å². The number of ether oxygens (including phenoxy) is 1. The van der Waals surface area contributed by atoms with E-state index in [1.807, 2.05) is 11.8 Å². The number of amidine groups is 1. The molecule has 0 radical (unpaired) electrons. The lowest BCUT2D eigenvalue weighted by atomic mass is 10.0. The molecule has 1 saturated carbocycles. The van der Waals surface area contributed by atoms with Crippen LogP contribution in [0.2, 0.25) is 0 Å². The first-order valence-electron chi connectivity index (χ1n) is 6.88. The van der Waals surface area contributed by atoms with E-state index in [4.69, 9.17) is 9.73 Å². The van der Waals surface area contributed by atoms with E-state index in [9.17, 15) is 0 Å². The maximum atomic E-state index is 5.58. The van der Waals surface area contributed by atoms with Gasteiger partial charge in [-0.1, -0.05) is 18.2 Å². The van der Waals surface area contributed by atoms with Crippen molar-refractivity contribution in [3.63, 3.8) is 0 Å². The van der Waals surface area contributed by atoms with Gasteiger partial charge in [0.05, 0.1) is 6.10 Å². The fourth-order valence-electron chi connectivity index (χ4n) is 3.12. The Kier molecular flexibility index (Phi) is 3.61. The number of hydrogen-bond donors (Lipinski definition) is 1. The molecule has 2 aliphatic heterocycles. The summed E-state index contributed by atoms with van der Waals surface area (Å²) in [5.41, 5.74) is 0. The molecule has 4 unspecified atom stereocenters. The van der Waals surface area contributed by atoms with E-state index in [1.165, 1.54) is 36.6 Å². The van der Waals surface area contributed by atoms with Crippen molar-refractivity contribution in [3.8, 4) is 0 Å². The maximum absolute atomic E-state index is 5.58. The highest BCUT2D eigenvalue weighted by Crippen LogP contribution is 2.33. The number of fused-ring (bicyclic) bond motifs is 1. The van der Waals surface area contributed by atoms with E-state index in [0.29, 0.717) is 18.1 Å². The SMILES string of the molecule is CC1OCCC1CN=C1NC2CCCC2CS1. The van der Waals surface area contributed by atoms with Crippen LogP contribution in [0.1, 0.15) is 32.6 Å². The molecule has 4 heteroatoms. The highest BCUT2D eigenvalue weighted by Gasteiger charge is 2.32. The summed E-state index contributed by atoms with van der Waals surface area (Å²) in [5, 5.41) is 4.81. The molecule has 2 heterocycles. The van der Waals surface area contributed by atoms with Crippen molar-refractivity contribution < 1.29 is 4.74 Å². The molecule has 3 rings (SSSR count). The summed E-state index contributed by atoms with van der Waals surface area (Å²) in [6.45, 7) is 4.03. The van der Waals surface area contributed by atoms with Gasteiger partial charge in [-0.05, 0) is 32.1 Å². The molecular formula is C13H22N2OS. The standard InChI is InChI=1S/C13H22N2OS/c1-9-10(5-6-16-9)7-14-13-15-12-4-2-3-11(12)8-17-13/h9-12H,2-8H2,1H3,(H,14,15). The summed E-state index contributed by atoms with van der Waals surface area (Å²) in [6, 6.07) is 0.715. The molecule has 1 N–H and O–H groups in total. The Morgan fingerprint density at radius 1 is 1.41 bits per heavy atom. The van der Waals surface area contributed by atoms with Crippen LogP contribution in [-0.2, 0) is 4.74 Å². The van der Waals surface area contributed by atoms with Crippen LogP contribution in [0.5, 0.6) is 0 Å². The van der Waals surface area contributed by atoms with Crippen LogP contribution in [0.15, 0.2) is 4.99 Å². The molecule has 2 saturated heterocycles. The van der Waals surface area contributed by atoms with Crippen molar-refractivity contribution in [1.82, 2.24) is 5.32 Å². The van der Waals surface area contributed by atoms with Gasteiger partial charge in [0.2, 0.25) is 0 Å². The van der Waals surface area contributed by atoms with E-state index in [1.54, 1.807) is 0 Å². The van der Waals surface area contributed by atoms with Gasteiger partial charge in [-0.2, -0.15) is 0 Å². The molecule has 4 atom stereocenters. The Hall–Kier alpha value is -0.220. The Morgan fingerprint density at radius 3 is 3.18 bits per heavy atom. The Bertz CT molecular complexity index is 308. The molecule has 3 nitrogen and oxygen atoms in total. The molecule has 0 bridgehead atoms. The van der Waals surface area contributed by atoms with Crippen molar-refractivity contribution in [2.24, 2.45) is 16.8 Å². The van der Waals surface area contributed by atoms with Gasteiger partial charge in [-0.3, -0.25) is 4.99 Å². The highest BCUT2D eigenvalue weighted by atomic mass is 32.2. The molecule has 0 aromatic rings. The van der Waals surface area contributed by atoms with Crippen molar-refractivity contribution in [2.45, 2.75) is 44.8 Å². The molecule has 0 aromatic carbocycles. The Labute approximate surface area is 108 Å². The predicted molar refractivity (Wildman–Crippen MR) is 72.5 cm³/mol. The van der Waals surface area contributed by atoms with Gasteiger partial charge in [0, 0.05) is 30.9 Å². The maximum Gasteiger partial charge on any atom is 0.156 e. The van der Waals surface area contributed by atoms with Crippen LogP contribution in [0.25, 0.3) is 0 Å². The lowest BCUT2D eigenvalue weighted by Crippen LogP contribution is -2.41. The molecule has 96 valence electrons. The predicted octanol–water partition coefficient (Wildman–Crippen LogP) is 2.27. The lowest BCUT2D eigenvalue weighted by Gasteiger charge is -2.28. The van der Waals surface area contributed by atoms with E-state index in [2.05, 4.69) is 12.2 Å². The molecule has 0 aromatic heterocycles. The van der Waals surface area contributed by atoms with E-state index in [0.717, 1.165) is 19.1 Å². The van der Waals surface area contributed by atoms with E-state index >= 15 is 0 Å². The fourth-order valence-corrected chi connectivity index (χ4v) is 4.29. The third kappa shape index (κ3) is 2.63. The molecule has 3 aliphatic rings. The minimum absolute atomic E-state index is 0.396. The van der Waals surface area contributed by atoms with Crippen LogP contribution in [0, 0.1) is 11.8 Å². The van der Waals surface area contributed by atoms with Gasteiger partial charge >= 0.3 is 0 Å². The van der Waals surface area contributed by atoms with Crippen LogP contribution in [-0.4, -0.2) is 36.2 Å². The molecule has 3 fully saturated rings. The zero-order chi connectivity index (χ0) is 11.7. The number of rotatable bonds is 2. The monoisotopic (exact) mass is 254 g/mol. The second kappa shape index (κ2) is 5.19. The first-order chi connectivity index (χ1) is 8.33. The minimum atomic E-state index is 0.396. The van der Waals surface area contributed by atoms with Gasteiger partial charge in [-0.15, -0.1) is 0 Å². The zero-order valence-corrected chi connectivity index (χ0v) is 11.3. The minimum Gasteiger partial charge on any atom is -0.378 e. The van der Waals surface area contributed by atoms with Crippen molar-refractivity contribution in [2.75, 3.05) is 18.9 Å². The van der Waals surface area contributed by atoms with Gasteiger partial charge in [0.25, 0.3) is 0 Å². The second-order valence-corrected chi connectivity index (χ2v) is 6.53. The summed E-state index contributed by atoms with van der Waals surface area (Å²) in [5.74, 6) is 2.80. The number of nitrogens with one attached hydrogen (secondary N) is 1. The Balaban J connectivity index is 1.54. The zero-order valence-electron chi connectivity index (χ0n) is 10.5. The summed E-state index contributed by atoms with van der Waals surface area (Å²) < 4.78 is 5.58. The number of aliphatic imine (C=N–C) groups is 1. The third-order valence-corrected chi connectivity index (χ3v) is 5.52. The number of thioether (sulfide) groups is 1. The van der Waals surface area contributed by atoms with Gasteiger partial charge in [-0.25, -0.2) is 0 Å². The van der Waals surface area contributed by atoms with Gasteiger partial charge < -0.3 is 10.1 Å². The quantitative estimate of drug-likeness (QED) is 0.821. The van der Waals surface area contributed by atoms with Crippen LogP contribution >= 0.6 is 11.8 Å². The average Bonchev–Trinajstić information content (AvgIpc) is 2.94. The fraction of sp³-hybridized carbons (Fsp3) is 0.923. The highest BCUT2D eigenvalue weighted by molar-refractivity contribution is 8.13. The van der Waals surface area contributed by atoms with Crippen LogP contribution in [0.4, 0.5) is 0 Å². The molecule has 17 heavy (non-hydrogen) atoms. The molecule has 0 spiro atoms. The van der Waals surface area contributed by atoms with Crippen molar-refractivity contribution in [1.29, 1.82) is 0 Å². The van der Waals surface area contributed by atoms with E-state index < -0.39 is 0 Å². The first kappa shape index (κ1) is 11.8. The number of hydrogen-bond acceptors (Lipinski definition) is 3. The molecular weight excluding hydrogens is 232 g/mol. The van der Waals surface area contributed by atoms with Crippen LogP contribution in [0.3, 0.4) is 0 Å². The largest absolute Gasteiger partial charge is 0.378 e. The van der Waals surface area contributed by atoms with Crippen molar-refractivity contribution >= 4 is 16.9 Å². The summed E-state index contributed by atoms with van der Waals surface area (Å²) in [4.78, 5) is 4.76.